The van der Waals surface area contributed by atoms with Gasteiger partial charge in [-0.3, -0.25) is 4.68 Å². The molecule has 30 heavy (non-hydrogen) atoms. The zero-order valence-corrected chi connectivity index (χ0v) is 16.7. The molecule has 0 spiro atoms. The van der Waals surface area contributed by atoms with Gasteiger partial charge in [-0.2, -0.15) is 5.10 Å². The van der Waals surface area contributed by atoms with Crippen molar-refractivity contribution >= 4 is 39.3 Å². The molecule has 2 amide bonds. The first-order valence-electron chi connectivity index (χ1n) is 9.91. The summed E-state index contributed by atoms with van der Waals surface area (Å²) in [6.45, 7) is 3.25. The van der Waals surface area contributed by atoms with Gasteiger partial charge >= 0.3 is 6.03 Å². The van der Waals surface area contributed by atoms with Gasteiger partial charge in [0.15, 0.2) is 5.82 Å². The number of nitrogens with one attached hydrogen (secondary N) is 2. The maximum Gasteiger partial charge on any atom is 0.319 e. The van der Waals surface area contributed by atoms with Crippen LogP contribution >= 0.6 is 0 Å². The van der Waals surface area contributed by atoms with Gasteiger partial charge in [-0.25, -0.2) is 14.2 Å². The fourth-order valence-corrected chi connectivity index (χ4v) is 3.58. The van der Waals surface area contributed by atoms with Crippen molar-refractivity contribution in [2.45, 2.75) is 26.3 Å². The van der Waals surface area contributed by atoms with Crippen molar-refractivity contribution in [2.24, 2.45) is 0 Å². The first-order valence-corrected chi connectivity index (χ1v) is 9.91. The van der Waals surface area contributed by atoms with Gasteiger partial charge in [-0.1, -0.05) is 25.1 Å². The zero-order valence-electron chi connectivity index (χ0n) is 16.7. The summed E-state index contributed by atoms with van der Waals surface area (Å²) in [6, 6.07) is 13.1. The van der Waals surface area contributed by atoms with Gasteiger partial charge in [0.2, 0.25) is 0 Å². The number of nitrogens with zero attached hydrogens (tertiary/aromatic N) is 3. The van der Waals surface area contributed by atoms with Crippen molar-refractivity contribution < 1.29 is 9.18 Å². The number of hydrogen-bond acceptors (Lipinski definition) is 4. The molecule has 0 radical (unpaired) electrons. The van der Waals surface area contributed by atoms with Crippen LogP contribution in [0.15, 0.2) is 48.5 Å². The summed E-state index contributed by atoms with van der Waals surface area (Å²) < 4.78 is 15.0. The highest BCUT2D eigenvalue weighted by molar-refractivity contribution is 6.09. The van der Waals surface area contributed by atoms with Gasteiger partial charge in [-0.05, 0) is 36.8 Å². The molecule has 4 rings (SSSR count). The van der Waals surface area contributed by atoms with Gasteiger partial charge in [0.1, 0.15) is 11.3 Å². The Morgan fingerprint density at radius 2 is 1.93 bits per heavy atom. The Balaban J connectivity index is 1.57. The number of aryl methyl sites for hydroxylation is 1. The quantitative estimate of drug-likeness (QED) is 0.449. The number of nitrogen functional groups attached to an aromatic ring is 1. The lowest BCUT2D eigenvalue weighted by Gasteiger charge is -2.10. The molecule has 0 aliphatic rings. The smallest absolute Gasteiger partial charge is 0.319 e. The topological polar surface area (TPSA) is 97.9 Å². The highest BCUT2D eigenvalue weighted by Gasteiger charge is 2.17. The molecule has 0 bridgehead atoms. The third kappa shape index (κ3) is 3.89. The number of benzene rings is 2. The lowest BCUT2D eigenvalue weighted by molar-refractivity contribution is 0.252. The Hall–Kier alpha value is -3.68. The van der Waals surface area contributed by atoms with E-state index in [0.717, 1.165) is 34.9 Å². The average molecular weight is 406 g/mol. The van der Waals surface area contributed by atoms with Crippen LogP contribution in [0.2, 0.25) is 0 Å². The first kappa shape index (κ1) is 19.6. The summed E-state index contributed by atoms with van der Waals surface area (Å²) in [4.78, 5) is 16.7. The summed E-state index contributed by atoms with van der Waals surface area (Å²) >= 11 is 0. The summed E-state index contributed by atoms with van der Waals surface area (Å²) in [5.74, 6) is 0.0554. The van der Waals surface area contributed by atoms with Crippen molar-refractivity contribution in [2.75, 3.05) is 17.6 Å². The van der Waals surface area contributed by atoms with Crippen LogP contribution in [0.25, 0.3) is 21.8 Å². The molecular weight excluding hydrogens is 383 g/mol. The number of urea groups is 1. The van der Waals surface area contributed by atoms with E-state index in [-0.39, 0.29) is 11.8 Å². The molecule has 0 unspecified atom stereocenters. The van der Waals surface area contributed by atoms with E-state index in [1.165, 1.54) is 24.3 Å². The van der Waals surface area contributed by atoms with Crippen molar-refractivity contribution in [3.05, 3.63) is 60.0 Å². The number of rotatable bonds is 6. The second kappa shape index (κ2) is 8.36. The molecule has 2 heterocycles. The fourth-order valence-electron chi connectivity index (χ4n) is 3.58. The molecule has 8 heteroatoms. The first-order chi connectivity index (χ1) is 14.6. The Morgan fingerprint density at radius 1 is 1.17 bits per heavy atom. The lowest BCUT2D eigenvalue weighted by Crippen LogP contribution is -2.30. The minimum atomic E-state index is -0.349. The van der Waals surface area contributed by atoms with Gasteiger partial charge in [0.25, 0.3) is 0 Å². The Bertz CT molecular complexity index is 1200. The van der Waals surface area contributed by atoms with Crippen molar-refractivity contribution in [3.8, 4) is 0 Å². The highest BCUT2D eigenvalue weighted by atomic mass is 19.1. The number of fused-ring (bicyclic) bond motifs is 3. The molecule has 7 nitrogen and oxygen atoms in total. The predicted octanol–water partition coefficient (Wildman–Crippen LogP) is 4.08. The van der Waals surface area contributed by atoms with Crippen LogP contribution in [0.3, 0.4) is 0 Å². The normalized spacial score (nSPS) is 11.1. The average Bonchev–Trinajstić information content (AvgIpc) is 3.09. The number of aromatic nitrogens is 3. The SMILES string of the molecule is CCCn1nc2c(N)nc3ccccc3c2c1CCNC(=O)Nc1ccc(F)cc1. The maximum atomic E-state index is 13.0. The molecule has 0 atom stereocenters. The molecule has 0 saturated carbocycles. The zero-order chi connectivity index (χ0) is 21.1. The number of nitrogens with two attached hydrogens (primary N) is 1. The Kier molecular flexibility index (Phi) is 5.47. The van der Waals surface area contributed by atoms with Crippen LogP contribution < -0.4 is 16.4 Å². The van der Waals surface area contributed by atoms with Crippen LogP contribution in [0, 0.1) is 5.82 Å². The molecule has 2 aromatic carbocycles. The number of para-hydroxylation sites is 1. The van der Waals surface area contributed by atoms with Gasteiger partial charge in [0, 0.05) is 41.7 Å². The summed E-state index contributed by atoms with van der Waals surface area (Å²) in [7, 11) is 0. The van der Waals surface area contributed by atoms with Crippen LogP contribution in [0.4, 0.5) is 20.7 Å². The summed E-state index contributed by atoms with van der Waals surface area (Å²) in [5.41, 5.74) is 9.23. The minimum Gasteiger partial charge on any atom is -0.382 e. The highest BCUT2D eigenvalue weighted by Crippen LogP contribution is 2.30. The Labute approximate surface area is 173 Å². The van der Waals surface area contributed by atoms with Crippen molar-refractivity contribution in [3.63, 3.8) is 0 Å². The third-order valence-corrected chi connectivity index (χ3v) is 4.90. The number of hydrogen-bond donors (Lipinski definition) is 3. The molecule has 4 aromatic rings. The van der Waals surface area contributed by atoms with E-state index in [9.17, 15) is 9.18 Å². The van der Waals surface area contributed by atoms with Gasteiger partial charge < -0.3 is 16.4 Å². The van der Waals surface area contributed by atoms with Crippen LogP contribution in [-0.2, 0) is 13.0 Å². The van der Waals surface area contributed by atoms with Crippen LogP contribution in [0.5, 0.6) is 0 Å². The largest absolute Gasteiger partial charge is 0.382 e. The third-order valence-electron chi connectivity index (χ3n) is 4.90. The second-order valence-corrected chi connectivity index (χ2v) is 7.05. The van der Waals surface area contributed by atoms with Crippen molar-refractivity contribution in [1.29, 1.82) is 0 Å². The maximum absolute atomic E-state index is 13.0. The molecule has 0 aliphatic heterocycles. The minimum absolute atomic E-state index is 0.349. The van der Waals surface area contributed by atoms with Gasteiger partial charge in [0.05, 0.1) is 5.52 Å². The number of halogens is 1. The number of pyridine rings is 1. The molecule has 0 aliphatic carbocycles. The van der Waals surface area contributed by atoms with E-state index in [0.29, 0.717) is 30.0 Å². The van der Waals surface area contributed by atoms with E-state index < -0.39 is 0 Å². The van der Waals surface area contributed by atoms with Gasteiger partial charge in [-0.15, -0.1) is 0 Å². The van der Waals surface area contributed by atoms with Crippen LogP contribution in [0.1, 0.15) is 19.0 Å². The van der Waals surface area contributed by atoms with E-state index in [2.05, 4.69) is 22.5 Å². The molecule has 2 aromatic heterocycles. The van der Waals surface area contributed by atoms with E-state index >= 15 is 0 Å². The monoisotopic (exact) mass is 406 g/mol. The number of carbonyl (C=O) groups excluding carboxylic acids is 1. The molecule has 0 fully saturated rings. The molecule has 4 N–H and O–H groups in total. The van der Waals surface area contributed by atoms with Crippen molar-refractivity contribution in [1.82, 2.24) is 20.1 Å². The second-order valence-electron chi connectivity index (χ2n) is 7.05. The van der Waals surface area contributed by atoms with E-state index in [4.69, 9.17) is 10.8 Å². The standard InChI is InChI=1S/C22H23FN6O/c1-2-13-29-18(11-12-25-22(30)26-15-9-7-14(23)8-10-15)19-16-5-3-4-6-17(16)27-21(24)20(19)28-29/h3-10H,2,11-13H2,1H3,(H2,24,27)(H2,25,26,30). The van der Waals surface area contributed by atoms with E-state index in [1.807, 2.05) is 28.9 Å². The van der Waals surface area contributed by atoms with Crippen LogP contribution in [-0.4, -0.2) is 27.3 Å². The summed E-state index contributed by atoms with van der Waals surface area (Å²) in [5, 5.41) is 12.2. The molecular formula is C22H23FN6O. The molecule has 154 valence electrons. The number of carbonyl (C=O) groups is 1. The summed E-state index contributed by atoms with van der Waals surface area (Å²) in [6.07, 6.45) is 1.51. The lowest BCUT2D eigenvalue weighted by atomic mass is 10.1. The number of amides is 2. The van der Waals surface area contributed by atoms with E-state index in [1.54, 1.807) is 0 Å². The molecule has 0 saturated heterocycles. The predicted molar refractivity (Wildman–Crippen MR) is 117 cm³/mol. The Morgan fingerprint density at radius 3 is 2.70 bits per heavy atom. The fraction of sp³-hybridized carbons (Fsp3) is 0.227. The number of anilines is 2.